The third-order valence-corrected chi connectivity index (χ3v) is 3.21. The normalized spacial score (nSPS) is 14.5. The molecular formula is C15H22ClF4NO2. The second-order valence-electron chi connectivity index (χ2n) is 5.60. The van der Waals surface area contributed by atoms with Crippen molar-refractivity contribution in [3.63, 3.8) is 0 Å². The largest absolute Gasteiger partial charge is 0.461 e. The van der Waals surface area contributed by atoms with Gasteiger partial charge in [-0.05, 0) is 36.5 Å². The van der Waals surface area contributed by atoms with Gasteiger partial charge in [0.2, 0.25) is 0 Å². The lowest BCUT2D eigenvalue weighted by Gasteiger charge is -2.22. The number of aliphatic hydroxyl groups excluding tert-OH is 1. The third kappa shape index (κ3) is 6.93. The first-order chi connectivity index (χ1) is 10.1. The van der Waals surface area contributed by atoms with Crippen LogP contribution >= 0.6 is 12.4 Å². The van der Waals surface area contributed by atoms with Crippen molar-refractivity contribution in [2.24, 2.45) is 11.7 Å². The zero-order valence-electron chi connectivity index (χ0n) is 12.9. The van der Waals surface area contributed by atoms with Crippen LogP contribution in [0.2, 0.25) is 0 Å². The third-order valence-electron chi connectivity index (χ3n) is 3.21. The molecule has 0 aliphatic rings. The van der Waals surface area contributed by atoms with E-state index in [0.29, 0.717) is 17.9 Å². The molecular weight excluding hydrogens is 338 g/mol. The van der Waals surface area contributed by atoms with Crippen LogP contribution in [0.15, 0.2) is 24.3 Å². The summed E-state index contributed by atoms with van der Waals surface area (Å²) in [5, 5.41) is 10.00. The van der Waals surface area contributed by atoms with Gasteiger partial charge in [-0.1, -0.05) is 26.0 Å². The lowest BCUT2D eigenvalue weighted by molar-refractivity contribution is -0.253. The Kier molecular flexibility index (Phi) is 8.87. The molecule has 3 nitrogen and oxygen atoms in total. The second-order valence-corrected chi connectivity index (χ2v) is 5.60. The van der Waals surface area contributed by atoms with Gasteiger partial charge in [0, 0.05) is 0 Å². The quantitative estimate of drug-likeness (QED) is 0.686. The molecule has 0 radical (unpaired) electrons. The number of nitrogens with two attached hydrogens (primary N) is 1. The van der Waals surface area contributed by atoms with Gasteiger partial charge in [-0.25, -0.2) is 0 Å². The van der Waals surface area contributed by atoms with Gasteiger partial charge in [-0.15, -0.1) is 12.4 Å². The molecule has 1 rings (SSSR count). The molecule has 0 saturated heterocycles. The Morgan fingerprint density at radius 3 is 2.35 bits per heavy atom. The van der Waals surface area contributed by atoms with Gasteiger partial charge >= 0.3 is 12.5 Å². The Hall–Kier alpha value is -1.05. The molecule has 23 heavy (non-hydrogen) atoms. The van der Waals surface area contributed by atoms with Gasteiger partial charge in [0.1, 0.15) is 5.75 Å². The molecule has 8 heteroatoms. The summed E-state index contributed by atoms with van der Waals surface area (Å²) < 4.78 is 54.0. The van der Waals surface area contributed by atoms with E-state index in [1.807, 2.05) is 13.8 Å². The first-order valence-corrected chi connectivity index (χ1v) is 7.02. The van der Waals surface area contributed by atoms with Crippen molar-refractivity contribution < 1.29 is 27.4 Å². The van der Waals surface area contributed by atoms with Crippen molar-refractivity contribution in [1.29, 1.82) is 0 Å². The van der Waals surface area contributed by atoms with Crippen molar-refractivity contribution in [2.75, 3.05) is 0 Å². The van der Waals surface area contributed by atoms with E-state index < -0.39 is 30.4 Å². The average Bonchev–Trinajstić information content (AvgIpc) is 2.43. The van der Waals surface area contributed by atoms with Gasteiger partial charge in [0.25, 0.3) is 0 Å². The number of hydrogen-bond acceptors (Lipinski definition) is 3. The number of aliphatic hydroxyl groups is 1. The van der Waals surface area contributed by atoms with Crippen molar-refractivity contribution >= 4 is 12.4 Å². The molecule has 134 valence electrons. The van der Waals surface area contributed by atoms with E-state index in [1.165, 1.54) is 12.1 Å². The minimum Gasteiger partial charge on any atom is -0.428 e. The first-order valence-electron chi connectivity index (χ1n) is 7.02. The number of ether oxygens (including phenoxy) is 1. The van der Waals surface area contributed by atoms with E-state index in [-0.39, 0.29) is 12.4 Å². The summed E-state index contributed by atoms with van der Waals surface area (Å²) in [5.41, 5.74) is 6.22. The molecule has 1 aromatic rings. The number of hydrogen-bond donors (Lipinski definition) is 2. The number of rotatable bonds is 8. The van der Waals surface area contributed by atoms with Gasteiger partial charge in [0.15, 0.2) is 0 Å². The van der Waals surface area contributed by atoms with E-state index in [1.54, 1.807) is 0 Å². The number of alkyl halides is 4. The van der Waals surface area contributed by atoms with Crippen LogP contribution in [0.25, 0.3) is 0 Å². The zero-order chi connectivity index (χ0) is 16.9. The summed E-state index contributed by atoms with van der Waals surface area (Å²) in [6.07, 6.45) is -8.14. The van der Waals surface area contributed by atoms with Crippen molar-refractivity contribution in [3.05, 3.63) is 29.8 Å². The fraction of sp³-hybridized carbons (Fsp3) is 0.600. The molecule has 0 aliphatic heterocycles. The molecule has 0 unspecified atom stereocenters. The van der Waals surface area contributed by atoms with E-state index in [0.717, 1.165) is 18.6 Å². The van der Waals surface area contributed by atoms with Gasteiger partial charge < -0.3 is 15.6 Å². The summed E-state index contributed by atoms with van der Waals surface area (Å²) in [6.45, 7) is 4.00. The summed E-state index contributed by atoms with van der Waals surface area (Å²) >= 11 is 0. The van der Waals surface area contributed by atoms with Crippen LogP contribution in [0.1, 0.15) is 38.3 Å². The van der Waals surface area contributed by atoms with Gasteiger partial charge in [0.05, 0.1) is 12.1 Å². The lowest BCUT2D eigenvalue weighted by Crippen LogP contribution is -2.33. The highest BCUT2D eigenvalue weighted by Gasteiger charge is 2.44. The van der Waals surface area contributed by atoms with Gasteiger partial charge in [-0.2, -0.15) is 17.6 Å². The topological polar surface area (TPSA) is 55.5 Å². The van der Waals surface area contributed by atoms with Gasteiger partial charge in [-0.3, -0.25) is 0 Å². The Morgan fingerprint density at radius 2 is 1.83 bits per heavy atom. The Labute approximate surface area is 139 Å². The first kappa shape index (κ1) is 21.9. The highest BCUT2D eigenvalue weighted by atomic mass is 35.5. The maximum Gasteiger partial charge on any atom is 0.461 e. The van der Waals surface area contributed by atoms with Crippen molar-refractivity contribution in [2.45, 2.75) is 51.4 Å². The Balaban J connectivity index is 0.00000484. The van der Waals surface area contributed by atoms with E-state index >= 15 is 0 Å². The molecule has 0 amide bonds. The maximum absolute atomic E-state index is 12.9. The van der Waals surface area contributed by atoms with Crippen LogP contribution in [-0.4, -0.2) is 23.7 Å². The fourth-order valence-electron chi connectivity index (χ4n) is 1.89. The van der Waals surface area contributed by atoms with Crippen LogP contribution in [0.3, 0.4) is 0 Å². The monoisotopic (exact) mass is 359 g/mol. The van der Waals surface area contributed by atoms with Crippen LogP contribution in [-0.2, 0) is 0 Å². The zero-order valence-corrected chi connectivity index (χ0v) is 13.7. The Bertz CT molecular complexity index is 475. The van der Waals surface area contributed by atoms with E-state index in [2.05, 4.69) is 4.74 Å². The van der Waals surface area contributed by atoms with Crippen LogP contribution in [0.4, 0.5) is 17.6 Å². The SMILES string of the molecule is CC(C)CC[C@H](O)[C@H](N)c1cccc(OC(F)(F)C(F)F)c1.Cl. The number of halogens is 5. The smallest absolute Gasteiger partial charge is 0.428 e. The summed E-state index contributed by atoms with van der Waals surface area (Å²) in [6, 6.07) is 4.35. The molecule has 3 N–H and O–H groups in total. The van der Waals surface area contributed by atoms with Crippen molar-refractivity contribution in [1.82, 2.24) is 0 Å². The second kappa shape index (κ2) is 9.30. The molecule has 0 bridgehead atoms. The molecule has 2 atom stereocenters. The molecule has 0 saturated carbocycles. The summed E-state index contributed by atoms with van der Waals surface area (Å²) in [4.78, 5) is 0. The average molecular weight is 360 g/mol. The highest BCUT2D eigenvalue weighted by Crippen LogP contribution is 2.29. The van der Waals surface area contributed by atoms with E-state index in [4.69, 9.17) is 5.73 Å². The minimum absolute atomic E-state index is 0. The fourth-order valence-corrected chi connectivity index (χ4v) is 1.89. The Morgan fingerprint density at radius 1 is 1.22 bits per heavy atom. The predicted octanol–water partition coefficient (Wildman–Crippen LogP) is 4.14. The molecule has 0 aromatic heterocycles. The molecule has 0 heterocycles. The lowest BCUT2D eigenvalue weighted by atomic mass is 9.96. The molecule has 0 fully saturated rings. The number of benzene rings is 1. The summed E-state index contributed by atoms with van der Waals surface area (Å²) in [5.74, 6) is -0.0319. The molecule has 0 aliphatic carbocycles. The maximum atomic E-state index is 12.9. The highest BCUT2D eigenvalue weighted by molar-refractivity contribution is 5.85. The standard InChI is InChI=1S/C15H21F4NO2.ClH/c1-9(2)6-7-12(21)13(20)10-4-3-5-11(8-10)22-15(18,19)14(16)17;/h3-5,8-9,12-14,21H,6-7,20H2,1-2H3;1H/t12-,13+;/m0./s1. The van der Waals surface area contributed by atoms with Crippen molar-refractivity contribution in [3.8, 4) is 5.75 Å². The molecule has 1 aromatic carbocycles. The minimum atomic E-state index is -4.57. The van der Waals surface area contributed by atoms with Crippen LogP contribution < -0.4 is 10.5 Å². The van der Waals surface area contributed by atoms with Crippen LogP contribution in [0.5, 0.6) is 5.75 Å². The predicted molar refractivity (Wildman–Crippen MR) is 82.3 cm³/mol. The summed E-state index contributed by atoms with van der Waals surface area (Å²) in [7, 11) is 0. The van der Waals surface area contributed by atoms with Crippen LogP contribution in [0, 0.1) is 5.92 Å². The molecule has 0 spiro atoms. The van der Waals surface area contributed by atoms with E-state index in [9.17, 15) is 22.7 Å².